The third kappa shape index (κ3) is 3.08. The van der Waals surface area contributed by atoms with E-state index >= 15 is 0 Å². The summed E-state index contributed by atoms with van der Waals surface area (Å²) in [6.45, 7) is 2.62. The second-order valence-corrected chi connectivity index (χ2v) is 5.68. The molecule has 3 atom stereocenters. The SMILES string of the molecule is CC1CC(NC(=O)N2CSC[C@H]2C(=O)O)CCO1. The summed E-state index contributed by atoms with van der Waals surface area (Å²) in [4.78, 5) is 24.4. The molecule has 7 heteroatoms. The van der Waals surface area contributed by atoms with Crippen molar-refractivity contribution >= 4 is 23.8 Å². The standard InChI is InChI=1S/C11H18N2O4S/c1-7-4-8(2-3-17-7)12-11(16)13-6-18-5-9(13)10(14)15/h7-9H,2-6H2,1H3,(H,12,16)(H,14,15)/t7?,8?,9-/m0/s1. The van der Waals surface area contributed by atoms with Gasteiger partial charge in [0.1, 0.15) is 6.04 Å². The normalized spacial score (nSPS) is 32.3. The summed E-state index contributed by atoms with van der Waals surface area (Å²) in [6.07, 6.45) is 1.71. The van der Waals surface area contributed by atoms with E-state index in [2.05, 4.69) is 5.32 Å². The monoisotopic (exact) mass is 274 g/mol. The summed E-state index contributed by atoms with van der Waals surface area (Å²) in [5.74, 6) is -0.0235. The van der Waals surface area contributed by atoms with Gasteiger partial charge in [-0.1, -0.05) is 0 Å². The first-order valence-electron chi connectivity index (χ1n) is 6.07. The van der Waals surface area contributed by atoms with E-state index in [9.17, 15) is 9.59 Å². The van der Waals surface area contributed by atoms with Gasteiger partial charge in [0, 0.05) is 18.4 Å². The summed E-state index contributed by atoms with van der Waals surface area (Å²) in [6, 6.07) is -0.889. The molecule has 2 N–H and O–H groups in total. The minimum atomic E-state index is -0.935. The van der Waals surface area contributed by atoms with Gasteiger partial charge in [0.25, 0.3) is 0 Å². The number of rotatable bonds is 2. The summed E-state index contributed by atoms with van der Waals surface area (Å²) in [7, 11) is 0. The first-order valence-corrected chi connectivity index (χ1v) is 7.22. The zero-order chi connectivity index (χ0) is 13.1. The first-order chi connectivity index (χ1) is 8.58. The Morgan fingerprint density at radius 1 is 1.50 bits per heavy atom. The summed E-state index contributed by atoms with van der Waals surface area (Å²) >= 11 is 1.47. The van der Waals surface area contributed by atoms with Crippen LogP contribution in [0.4, 0.5) is 4.79 Å². The molecule has 0 radical (unpaired) electrons. The molecule has 0 spiro atoms. The Balaban J connectivity index is 1.89. The van der Waals surface area contributed by atoms with Crippen LogP contribution in [0.3, 0.4) is 0 Å². The Morgan fingerprint density at radius 3 is 2.94 bits per heavy atom. The largest absolute Gasteiger partial charge is 0.480 e. The molecule has 18 heavy (non-hydrogen) atoms. The van der Waals surface area contributed by atoms with Crippen molar-refractivity contribution in [3.63, 3.8) is 0 Å². The molecule has 6 nitrogen and oxygen atoms in total. The number of thioether (sulfide) groups is 1. The van der Waals surface area contributed by atoms with Gasteiger partial charge in [0.15, 0.2) is 0 Å². The van der Waals surface area contributed by atoms with Gasteiger partial charge in [0.2, 0.25) is 0 Å². The van der Waals surface area contributed by atoms with E-state index in [0.717, 1.165) is 12.8 Å². The van der Waals surface area contributed by atoms with Crippen LogP contribution in [0.15, 0.2) is 0 Å². The molecular formula is C11H18N2O4S. The number of urea groups is 1. The molecule has 2 heterocycles. The maximum absolute atomic E-state index is 12.0. The number of nitrogens with one attached hydrogen (secondary N) is 1. The molecule has 0 aromatic rings. The van der Waals surface area contributed by atoms with Crippen molar-refractivity contribution in [2.45, 2.75) is 38.0 Å². The van der Waals surface area contributed by atoms with E-state index in [-0.39, 0.29) is 18.2 Å². The van der Waals surface area contributed by atoms with E-state index in [1.54, 1.807) is 0 Å². The number of ether oxygens (including phenoxy) is 1. The summed E-state index contributed by atoms with van der Waals surface area (Å²) in [5.41, 5.74) is 0. The Labute approximate surface area is 110 Å². The number of aliphatic carboxylic acids is 1. The van der Waals surface area contributed by atoms with Crippen LogP contribution in [0.1, 0.15) is 19.8 Å². The van der Waals surface area contributed by atoms with Crippen molar-refractivity contribution < 1.29 is 19.4 Å². The third-order valence-electron chi connectivity index (χ3n) is 3.24. The molecule has 0 saturated carbocycles. The van der Waals surface area contributed by atoms with Crippen LogP contribution in [0.5, 0.6) is 0 Å². The van der Waals surface area contributed by atoms with Gasteiger partial charge in [-0.2, -0.15) is 0 Å². The third-order valence-corrected chi connectivity index (χ3v) is 4.25. The van der Waals surface area contributed by atoms with E-state index in [4.69, 9.17) is 9.84 Å². The van der Waals surface area contributed by atoms with Crippen LogP contribution < -0.4 is 5.32 Å². The number of amides is 2. The minimum Gasteiger partial charge on any atom is -0.480 e. The quantitative estimate of drug-likeness (QED) is 0.776. The molecule has 0 aromatic heterocycles. The highest BCUT2D eigenvalue weighted by atomic mass is 32.2. The van der Waals surface area contributed by atoms with Crippen molar-refractivity contribution in [3.8, 4) is 0 Å². The van der Waals surface area contributed by atoms with Gasteiger partial charge >= 0.3 is 12.0 Å². The fourth-order valence-electron chi connectivity index (χ4n) is 2.23. The Bertz CT molecular complexity index is 339. The zero-order valence-corrected chi connectivity index (χ0v) is 11.1. The molecule has 2 rings (SSSR count). The van der Waals surface area contributed by atoms with Crippen LogP contribution >= 0.6 is 11.8 Å². The van der Waals surface area contributed by atoms with Gasteiger partial charge in [-0.25, -0.2) is 9.59 Å². The molecule has 0 aromatic carbocycles. The van der Waals surface area contributed by atoms with E-state index in [1.807, 2.05) is 6.92 Å². The molecule has 2 aliphatic rings. The van der Waals surface area contributed by atoms with Gasteiger partial charge in [-0.05, 0) is 19.8 Å². The lowest BCUT2D eigenvalue weighted by atomic mass is 10.0. The minimum absolute atomic E-state index is 0.0845. The summed E-state index contributed by atoms with van der Waals surface area (Å²) < 4.78 is 5.41. The number of carboxylic acids is 1. The average molecular weight is 274 g/mol. The summed E-state index contributed by atoms with van der Waals surface area (Å²) in [5, 5.41) is 11.9. The molecule has 2 unspecified atom stereocenters. The first kappa shape index (κ1) is 13.5. The smallest absolute Gasteiger partial charge is 0.327 e. The lowest BCUT2D eigenvalue weighted by Gasteiger charge is -2.30. The van der Waals surface area contributed by atoms with Gasteiger partial charge < -0.3 is 20.1 Å². The number of hydrogen-bond donors (Lipinski definition) is 2. The number of carboxylic acid groups (broad SMARTS) is 1. The molecule has 0 aliphatic carbocycles. The van der Waals surface area contributed by atoms with Gasteiger partial charge in [-0.15, -0.1) is 11.8 Å². The molecule has 0 bridgehead atoms. The van der Waals surface area contributed by atoms with E-state index in [1.165, 1.54) is 16.7 Å². The lowest BCUT2D eigenvalue weighted by Crippen LogP contribution is -2.51. The van der Waals surface area contributed by atoms with Crippen molar-refractivity contribution in [1.82, 2.24) is 10.2 Å². The van der Waals surface area contributed by atoms with Gasteiger partial charge in [0.05, 0.1) is 12.0 Å². The van der Waals surface area contributed by atoms with Crippen LogP contribution in [0.2, 0.25) is 0 Å². The Morgan fingerprint density at radius 2 is 2.28 bits per heavy atom. The van der Waals surface area contributed by atoms with E-state index in [0.29, 0.717) is 18.2 Å². The highest BCUT2D eigenvalue weighted by Crippen LogP contribution is 2.22. The fraction of sp³-hybridized carbons (Fsp3) is 0.818. The van der Waals surface area contributed by atoms with Crippen LogP contribution in [0.25, 0.3) is 0 Å². The van der Waals surface area contributed by atoms with E-state index < -0.39 is 12.0 Å². The predicted molar refractivity (Wildman–Crippen MR) is 67.6 cm³/mol. The Hall–Kier alpha value is -0.950. The molecule has 102 valence electrons. The molecule has 2 saturated heterocycles. The van der Waals surface area contributed by atoms with Crippen molar-refractivity contribution in [2.75, 3.05) is 18.2 Å². The molecule has 2 amide bonds. The maximum atomic E-state index is 12.0. The van der Waals surface area contributed by atoms with Crippen molar-refractivity contribution in [2.24, 2.45) is 0 Å². The number of nitrogens with zero attached hydrogens (tertiary/aromatic N) is 1. The van der Waals surface area contributed by atoms with Crippen molar-refractivity contribution in [3.05, 3.63) is 0 Å². The van der Waals surface area contributed by atoms with Gasteiger partial charge in [-0.3, -0.25) is 0 Å². The lowest BCUT2D eigenvalue weighted by molar-refractivity contribution is -0.140. The molecular weight excluding hydrogens is 256 g/mol. The van der Waals surface area contributed by atoms with Crippen molar-refractivity contribution in [1.29, 1.82) is 0 Å². The fourth-order valence-corrected chi connectivity index (χ4v) is 3.38. The van der Waals surface area contributed by atoms with Crippen LogP contribution in [-0.2, 0) is 9.53 Å². The zero-order valence-electron chi connectivity index (χ0n) is 10.3. The topological polar surface area (TPSA) is 78.9 Å². The highest BCUT2D eigenvalue weighted by molar-refractivity contribution is 7.99. The second-order valence-electron chi connectivity index (χ2n) is 4.68. The predicted octanol–water partition coefficient (Wildman–Crippen LogP) is 0.723. The highest BCUT2D eigenvalue weighted by Gasteiger charge is 2.35. The second kappa shape index (κ2) is 5.79. The number of carbonyl (C=O) groups is 2. The maximum Gasteiger partial charge on any atom is 0.327 e. The van der Waals surface area contributed by atoms with Crippen LogP contribution in [-0.4, -0.2) is 58.4 Å². The Kier molecular flexibility index (Phi) is 4.34. The van der Waals surface area contributed by atoms with Crippen LogP contribution in [0, 0.1) is 0 Å². The average Bonchev–Trinajstić information content (AvgIpc) is 2.77. The number of carbonyl (C=O) groups excluding carboxylic acids is 1. The molecule has 2 fully saturated rings. The number of hydrogen-bond acceptors (Lipinski definition) is 4. The molecule has 2 aliphatic heterocycles.